The van der Waals surface area contributed by atoms with Crippen molar-refractivity contribution >= 4 is 45.4 Å². The number of aromatic nitrogens is 3. The number of nitro groups is 1. The average Bonchev–Trinajstić information content (AvgIpc) is 2.74. The second kappa shape index (κ2) is 8.15. The number of pyridine rings is 1. The first kappa shape index (κ1) is 19.9. The lowest BCUT2D eigenvalue weighted by Gasteiger charge is -2.12. The summed E-state index contributed by atoms with van der Waals surface area (Å²) in [5.74, 6) is -0.0736. The Balaban J connectivity index is 1.75. The van der Waals surface area contributed by atoms with E-state index in [2.05, 4.69) is 25.6 Å². The van der Waals surface area contributed by atoms with E-state index in [1.54, 1.807) is 30.3 Å². The Hall–Kier alpha value is -4.40. The smallest absolute Gasteiger partial charge is 0.334 e. The second-order valence-corrected chi connectivity index (χ2v) is 6.89. The SMILES string of the molecule is CC(=O)c1cccc(Nc2ncnc(Nc3cccc4ccc(C)nc34)c2[N+](=O)[O-])c1. The van der Waals surface area contributed by atoms with Gasteiger partial charge in [-0.25, -0.2) is 9.97 Å². The van der Waals surface area contributed by atoms with E-state index < -0.39 is 4.92 Å². The minimum atomic E-state index is -0.552. The molecule has 9 heteroatoms. The Morgan fingerprint density at radius 1 is 1.00 bits per heavy atom. The van der Waals surface area contributed by atoms with E-state index in [4.69, 9.17) is 0 Å². The first-order valence-electron chi connectivity index (χ1n) is 9.43. The van der Waals surface area contributed by atoms with Gasteiger partial charge in [0.25, 0.3) is 0 Å². The molecule has 0 spiro atoms. The topological polar surface area (TPSA) is 123 Å². The lowest BCUT2D eigenvalue weighted by Crippen LogP contribution is -2.06. The lowest BCUT2D eigenvalue weighted by atomic mass is 10.1. The van der Waals surface area contributed by atoms with Crippen molar-refractivity contribution in [1.29, 1.82) is 0 Å². The van der Waals surface area contributed by atoms with Crippen LogP contribution in [-0.2, 0) is 0 Å². The van der Waals surface area contributed by atoms with Gasteiger partial charge in [-0.15, -0.1) is 0 Å². The maximum Gasteiger partial charge on any atom is 0.353 e. The summed E-state index contributed by atoms with van der Waals surface area (Å²) >= 11 is 0. The molecular formula is C22H18N6O3. The Kier molecular flexibility index (Phi) is 5.23. The van der Waals surface area contributed by atoms with Crippen molar-refractivity contribution in [3.05, 3.63) is 82.3 Å². The van der Waals surface area contributed by atoms with E-state index >= 15 is 0 Å². The zero-order chi connectivity index (χ0) is 22.0. The van der Waals surface area contributed by atoms with Gasteiger partial charge in [0, 0.05) is 22.3 Å². The predicted octanol–water partition coefficient (Wildman–Crippen LogP) is 4.93. The number of aryl methyl sites for hydroxylation is 1. The summed E-state index contributed by atoms with van der Waals surface area (Å²) in [5, 5.41) is 18.7. The summed E-state index contributed by atoms with van der Waals surface area (Å²) in [6.45, 7) is 3.33. The quantitative estimate of drug-likeness (QED) is 0.259. The molecule has 4 rings (SSSR count). The summed E-state index contributed by atoms with van der Waals surface area (Å²) in [5.41, 5.74) is 2.76. The van der Waals surface area contributed by atoms with Crippen LogP contribution in [0.3, 0.4) is 0 Å². The van der Waals surface area contributed by atoms with E-state index in [9.17, 15) is 14.9 Å². The molecule has 2 N–H and O–H groups in total. The standard InChI is InChI=1S/C22H18N6O3/c1-13-9-10-15-5-4-8-18(19(15)25-13)27-22-20(28(30)31)21(23-12-24-22)26-17-7-3-6-16(11-17)14(2)29/h3-12H,1-2H3,(H2,23,24,26,27). The third kappa shape index (κ3) is 4.15. The van der Waals surface area contributed by atoms with Crippen LogP contribution in [0.4, 0.5) is 28.7 Å². The number of anilines is 4. The number of fused-ring (bicyclic) bond motifs is 1. The molecule has 0 saturated heterocycles. The number of nitrogens with zero attached hydrogens (tertiary/aromatic N) is 4. The van der Waals surface area contributed by atoms with Crippen LogP contribution in [0.1, 0.15) is 23.0 Å². The molecule has 9 nitrogen and oxygen atoms in total. The van der Waals surface area contributed by atoms with Crippen molar-refractivity contribution in [3.8, 4) is 0 Å². The van der Waals surface area contributed by atoms with Crippen molar-refractivity contribution in [3.63, 3.8) is 0 Å². The van der Waals surface area contributed by atoms with E-state index in [-0.39, 0.29) is 23.1 Å². The van der Waals surface area contributed by atoms with Gasteiger partial charge in [0.1, 0.15) is 6.33 Å². The van der Waals surface area contributed by atoms with Crippen molar-refractivity contribution in [2.45, 2.75) is 13.8 Å². The Morgan fingerprint density at radius 3 is 2.48 bits per heavy atom. The highest BCUT2D eigenvalue weighted by Crippen LogP contribution is 2.34. The third-order valence-corrected chi connectivity index (χ3v) is 4.65. The molecule has 0 atom stereocenters. The normalized spacial score (nSPS) is 10.6. The van der Waals surface area contributed by atoms with Crippen LogP contribution in [-0.4, -0.2) is 25.7 Å². The summed E-state index contributed by atoms with van der Waals surface area (Å²) in [6, 6.07) is 16.0. The molecule has 0 bridgehead atoms. The molecule has 2 heterocycles. The molecule has 4 aromatic rings. The highest BCUT2D eigenvalue weighted by molar-refractivity contribution is 5.95. The van der Waals surface area contributed by atoms with Crippen LogP contribution in [0, 0.1) is 17.0 Å². The molecule has 154 valence electrons. The minimum Gasteiger partial charge on any atom is -0.334 e. The van der Waals surface area contributed by atoms with Gasteiger partial charge in [0.05, 0.1) is 16.1 Å². The monoisotopic (exact) mass is 414 g/mol. The second-order valence-electron chi connectivity index (χ2n) is 6.89. The number of benzene rings is 2. The highest BCUT2D eigenvalue weighted by Gasteiger charge is 2.24. The molecular weight excluding hydrogens is 396 g/mol. The van der Waals surface area contributed by atoms with E-state index in [1.165, 1.54) is 13.3 Å². The predicted molar refractivity (Wildman–Crippen MR) is 118 cm³/mol. The molecule has 0 saturated carbocycles. The fraction of sp³-hybridized carbons (Fsp3) is 0.0909. The van der Waals surface area contributed by atoms with Crippen LogP contribution in [0.15, 0.2) is 60.9 Å². The van der Waals surface area contributed by atoms with Crippen LogP contribution in [0.5, 0.6) is 0 Å². The van der Waals surface area contributed by atoms with Crippen LogP contribution in [0.2, 0.25) is 0 Å². The van der Waals surface area contributed by atoms with Gasteiger partial charge in [0.15, 0.2) is 5.78 Å². The molecule has 0 aliphatic carbocycles. The summed E-state index contributed by atoms with van der Waals surface area (Å²) in [4.78, 5) is 35.6. The number of carbonyl (C=O) groups is 1. The molecule has 0 aliphatic rings. The van der Waals surface area contributed by atoms with Gasteiger partial charge in [-0.3, -0.25) is 19.9 Å². The Bertz CT molecular complexity index is 1320. The molecule has 0 radical (unpaired) electrons. The summed E-state index contributed by atoms with van der Waals surface area (Å²) in [6.07, 6.45) is 1.23. The molecule has 0 unspecified atom stereocenters. The van der Waals surface area contributed by atoms with Gasteiger partial charge in [-0.1, -0.05) is 30.3 Å². The maximum atomic E-state index is 11.9. The lowest BCUT2D eigenvalue weighted by molar-refractivity contribution is -0.383. The number of hydrogen-bond donors (Lipinski definition) is 2. The Labute approximate surface area is 177 Å². The number of ketones is 1. The number of hydrogen-bond acceptors (Lipinski definition) is 8. The van der Waals surface area contributed by atoms with Gasteiger partial charge < -0.3 is 10.6 Å². The molecule has 0 fully saturated rings. The van der Waals surface area contributed by atoms with Crippen molar-refractivity contribution in [2.75, 3.05) is 10.6 Å². The minimum absolute atomic E-state index is 0.00702. The average molecular weight is 414 g/mol. The molecule has 0 amide bonds. The van der Waals surface area contributed by atoms with Crippen LogP contribution < -0.4 is 10.6 Å². The van der Waals surface area contributed by atoms with Gasteiger partial charge in [-0.05, 0) is 38.1 Å². The zero-order valence-electron chi connectivity index (χ0n) is 16.8. The Morgan fingerprint density at radius 2 is 1.74 bits per heavy atom. The third-order valence-electron chi connectivity index (χ3n) is 4.65. The number of carbonyl (C=O) groups excluding carboxylic acids is 1. The number of para-hydroxylation sites is 1. The van der Waals surface area contributed by atoms with E-state index in [0.29, 0.717) is 22.5 Å². The fourth-order valence-corrected chi connectivity index (χ4v) is 3.16. The number of nitrogens with one attached hydrogen (secondary N) is 2. The highest BCUT2D eigenvalue weighted by atomic mass is 16.6. The maximum absolute atomic E-state index is 11.9. The van der Waals surface area contributed by atoms with Gasteiger partial charge in [0.2, 0.25) is 11.6 Å². The van der Waals surface area contributed by atoms with Gasteiger partial charge >= 0.3 is 5.69 Å². The van der Waals surface area contributed by atoms with Crippen molar-refractivity contribution in [1.82, 2.24) is 15.0 Å². The first-order chi connectivity index (χ1) is 14.9. The molecule has 31 heavy (non-hydrogen) atoms. The van der Waals surface area contributed by atoms with E-state index in [1.807, 2.05) is 31.2 Å². The van der Waals surface area contributed by atoms with Crippen molar-refractivity contribution in [2.24, 2.45) is 0 Å². The van der Waals surface area contributed by atoms with Crippen LogP contribution >= 0.6 is 0 Å². The molecule has 0 aliphatic heterocycles. The first-order valence-corrected chi connectivity index (χ1v) is 9.43. The largest absolute Gasteiger partial charge is 0.353 e. The van der Waals surface area contributed by atoms with Gasteiger partial charge in [-0.2, -0.15) is 0 Å². The van der Waals surface area contributed by atoms with Crippen LogP contribution in [0.25, 0.3) is 10.9 Å². The molecule has 2 aromatic heterocycles. The van der Waals surface area contributed by atoms with E-state index in [0.717, 1.165) is 11.1 Å². The summed E-state index contributed by atoms with van der Waals surface area (Å²) in [7, 11) is 0. The van der Waals surface area contributed by atoms with Crippen molar-refractivity contribution < 1.29 is 9.72 Å². The number of Topliss-reactive ketones (excluding diaryl/α,β-unsaturated/α-hetero) is 1. The zero-order valence-corrected chi connectivity index (χ0v) is 16.8. The fourth-order valence-electron chi connectivity index (χ4n) is 3.16. The summed E-state index contributed by atoms with van der Waals surface area (Å²) < 4.78 is 0. The molecule has 2 aromatic carbocycles. The number of rotatable bonds is 6.